The summed E-state index contributed by atoms with van der Waals surface area (Å²) in [5, 5.41) is 40.2. The minimum absolute atomic E-state index is 0. The summed E-state index contributed by atoms with van der Waals surface area (Å²) < 4.78 is 170. The Bertz CT molecular complexity index is 3690. The molecule has 0 aliphatic heterocycles. The van der Waals surface area contributed by atoms with Gasteiger partial charge in [0.1, 0.15) is 37.5 Å². The Morgan fingerprint density at radius 3 is 1.65 bits per heavy atom. The number of aromatic nitrogens is 3. The predicted octanol–water partition coefficient (Wildman–Crippen LogP) is 6.82. The van der Waals surface area contributed by atoms with Crippen molar-refractivity contribution >= 4 is 119 Å². The maximum absolute atomic E-state index is 12.9. The molecule has 6 aromatic rings. The molecular weight excluding hydrogens is 1050 g/mol. The maximum atomic E-state index is 12.9. The molecule has 5 aromatic carbocycles. The summed E-state index contributed by atoms with van der Waals surface area (Å²) in [5.74, 6) is -2.76. The third-order valence-corrected chi connectivity index (χ3v) is 13.2. The van der Waals surface area contributed by atoms with Gasteiger partial charge in [-0.1, -0.05) is 6.07 Å². The van der Waals surface area contributed by atoms with E-state index in [2.05, 4.69) is 46.0 Å². The second-order valence-electron chi connectivity index (χ2n) is 13.1. The molecule has 0 saturated carbocycles. The molecule has 0 amide bonds. The molecule has 0 atom stereocenters. The molecule has 1 aromatic heterocycles. The third-order valence-electron chi connectivity index (χ3n) is 8.65. The Morgan fingerprint density at radius 2 is 1.08 bits per heavy atom. The molecule has 0 saturated heterocycles. The Kier molecular flexibility index (Phi) is 14.3. The van der Waals surface area contributed by atoms with Crippen LogP contribution in [0.15, 0.2) is 112 Å². The van der Waals surface area contributed by atoms with Crippen molar-refractivity contribution in [2.45, 2.75) is 38.3 Å². The van der Waals surface area contributed by atoms with Gasteiger partial charge < -0.3 is 20.8 Å². The molecule has 6 rings (SSSR count). The predicted molar refractivity (Wildman–Crippen MR) is 230 cm³/mol. The normalized spacial score (nSPS) is 12.7. The number of anilines is 4. The topological polar surface area (TPSA) is 424 Å². The molecule has 353 valence electrons. The number of phenolic OH excluding ortho intramolecular Hbond substituents is 2. The molecule has 26 nitrogen and oxygen atoms in total. The molecule has 0 fully saturated rings. The van der Waals surface area contributed by atoms with Gasteiger partial charge in [-0.15, -0.1) is 15.3 Å². The Balaban J connectivity index is 0.00000817. The SMILES string of the molecule is Cc1cc(N=Nc2c(S(=O)(=O)O)cc3c(S(=O)(=O)O)c(Nc4nc(Cl)nc(Nc5cc(S(=O)(=O)O)ccc5C)n4)ccc3c2O)c(O)cc1N=Nc1cc(S(=O)(=O)O)ccc1S(=O)(=O)O.[Cu].[H+].[H+].[H+].[H+].[H+]. The number of halogens is 1. The number of azo groups is 2. The quantitative estimate of drug-likeness (QED) is 0.0325. The van der Waals surface area contributed by atoms with E-state index in [0.29, 0.717) is 29.8 Å². The van der Waals surface area contributed by atoms with Gasteiger partial charge in [0.15, 0.2) is 5.75 Å². The minimum Gasteiger partial charge on any atom is -0.506 e. The van der Waals surface area contributed by atoms with Crippen LogP contribution in [0.2, 0.25) is 5.28 Å². The number of rotatable bonds is 13. The first-order valence-corrected chi connectivity index (χ1v) is 24.6. The minimum atomic E-state index is -5.45. The van der Waals surface area contributed by atoms with Crippen molar-refractivity contribution in [2.75, 3.05) is 10.6 Å². The summed E-state index contributed by atoms with van der Waals surface area (Å²) in [4.78, 5) is 7.17. The van der Waals surface area contributed by atoms with Crippen LogP contribution >= 0.6 is 11.6 Å². The van der Waals surface area contributed by atoms with Crippen LogP contribution in [0.25, 0.3) is 10.8 Å². The Labute approximate surface area is 395 Å². The van der Waals surface area contributed by atoms with E-state index in [1.165, 1.54) is 13.0 Å². The third kappa shape index (κ3) is 11.4. The average Bonchev–Trinajstić information content (AvgIpc) is 3.16. The van der Waals surface area contributed by atoms with Gasteiger partial charge in [0, 0.05) is 39.6 Å². The number of nitrogens with one attached hydrogen (secondary N) is 2. The summed E-state index contributed by atoms with van der Waals surface area (Å²) >= 11 is 6.07. The second-order valence-corrected chi connectivity index (χ2v) is 20.4. The van der Waals surface area contributed by atoms with E-state index in [-0.39, 0.29) is 47.1 Å². The van der Waals surface area contributed by atoms with Gasteiger partial charge in [-0.2, -0.15) is 62.2 Å². The van der Waals surface area contributed by atoms with E-state index in [1.807, 2.05) is 0 Å². The van der Waals surface area contributed by atoms with Gasteiger partial charge >= 0.3 is 7.13 Å². The van der Waals surface area contributed by atoms with Gasteiger partial charge in [0.05, 0.1) is 21.2 Å². The molecule has 0 aliphatic carbocycles. The number of phenols is 2. The Morgan fingerprint density at radius 1 is 0.530 bits per heavy atom. The number of nitrogens with zero attached hydrogens (tertiary/aromatic N) is 7. The van der Waals surface area contributed by atoms with Crippen molar-refractivity contribution in [2.24, 2.45) is 20.5 Å². The van der Waals surface area contributed by atoms with Crippen LogP contribution in [-0.4, -0.2) is 90.0 Å². The van der Waals surface area contributed by atoms with Gasteiger partial charge in [-0.05, 0) is 91.2 Å². The van der Waals surface area contributed by atoms with Crippen molar-refractivity contribution in [3.05, 3.63) is 83.1 Å². The molecular formula is C33H31ClCuN9O17S5+5. The zero-order valence-electron chi connectivity index (χ0n) is 37.4. The molecule has 66 heavy (non-hydrogen) atoms. The van der Waals surface area contributed by atoms with E-state index in [4.69, 9.17) is 11.6 Å². The summed E-state index contributed by atoms with van der Waals surface area (Å²) in [5.41, 5.74) is -2.40. The maximum Gasteiger partial charge on any atom is 1.00 e. The first-order valence-electron chi connectivity index (χ1n) is 17.0. The van der Waals surface area contributed by atoms with Crippen LogP contribution in [0, 0.1) is 13.8 Å². The molecule has 1 radical (unpaired) electrons. The molecule has 0 spiro atoms. The molecule has 9 N–H and O–H groups in total. The van der Waals surface area contributed by atoms with Crippen LogP contribution in [0.5, 0.6) is 11.5 Å². The summed E-state index contributed by atoms with van der Waals surface area (Å²) in [6.07, 6.45) is 0. The summed E-state index contributed by atoms with van der Waals surface area (Å²) in [6, 6.07) is 9.84. The fourth-order valence-electron chi connectivity index (χ4n) is 5.69. The molecule has 0 bridgehead atoms. The number of hydrogen-bond donors (Lipinski definition) is 9. The monoisotopic (exact) mass is 1080 g/mol. The standard InChI is InChI=1S/C33H26ClN9O17S5.Cu/c1-14-3-4-16(61(46,47)48)10-21(14)36-33-38-31(34)37-32(39-33)35-20-7-6-18-19(30(20)65(58,59)60)12-27(64(55,56)57)28(29(18)45)43-41-23-9-15(2)22(13-25(23)44)40-42-24-11-17(62(49,50)51)5-8-26(24)63(52,53)54;/h3-13,44-45H,1-2H3,(H,46,47,48)(H,49,50,51)(H,52,53,54)(H,55,56,57)(H,58,59,60)(H2,35,36,37,38,39);/p+5. The molecule has 0 aliphatic rings. The number of benzene rings is 5. The molecule has 33 heteroatoms. The van der Waals surface area contributed by atoms with E-state index in [0.717, 1.165) is 36.4 Å². The van der Waals surface area contributed by atoms with Crippen molar-refractivity contribution in [1.82, 2.24) is 15.0 Å². The van der Waals surface area contributed by atoms with Gasteiger partial charge in [0.2, 0.25) is 17.2 Å². The van der Waals surface area contributed by atoms with E-state index in [1.54, 1.807) is 6.92 Å². The van der Waals surface area contributed by atoms with E-state index in [9.17, 15) is 75.1 Å². The largest absolute Gasteiger partial charge is 1.00 e. The second kappa shape index (κ2) is 18.4. The zero-order chi connectivity index (χ0) is 48.2. The van der Waals surface area contributed by atoms with E-state index >= 15 is 0 Å². The van der Waals surface area contributed by atoms with Crippen LogP contribution in [-0.2, 0) is 67.7 Å². The van der Waals surface area contributed by atoms with Crippen LogP contribution in [0.4, 0.5) is 46.0 Å². The number of hydrogen-bond acceptors (Lipinski definition) is 21. The van der Waals surface area contributed by atoms with Crippen molar-refractivity contribution in [1.29, 1.82) is 0 Å². The van der Waals surface area contributed by atoms with Crippen molar-refractivity contribution in [3.63, 3.8) is 0 Å². The average molecular weight is 1080 g/mol. The zero-order valence-corrected chi connectivity index (χ0v) is 38.2. The smallest absolute Gasteiger partial charge is 0.506 e. The number of aromatic hydroxyl groups is 2. The summed E-state index contributed by atoms with van der Waals surface area (Å²) in [6.45, 7) is 2.91. The Hall–Kier alpha value is -5.87. The number of fused-ring (bicyclic) bond motifs is 1. The fraction of sp³-hybridized carbons (Fsp3) is 0.0606. The van der Waals surface area contributed by atoms with Gasteiger partial charge in [0.25, 0.3) is 50.6 Å². The van der Waals surface area contributed by atoms with Gasteiger partial charge in [-0.25, -0.2) is 0 Å². The number of aryl methyl sites for hydroxylation is 2. The van der Waals surface area contributed by atoms with Crippen LogP contribution < -0.4 is 10.6 Å². The van der Waals surface area contributed by atoms with Crippen molar-refractivity contribution < 1.29 is 99.3 Å². The van der Waals surface area contributed by atoms with Crippen molar-refractivity contribution in [3.8, 4) is 11.5 Å². The molecule has 1 heterocycles. The van der Waals surface area contributed by atoms with Crippen LogP contribution in [0.3, 0.4) is 0 Å². The first kappa shape index (κ1) is 51.1. The molecule has 0 unspecified atom stereocenters. The first-order chi connectivity index (χ1) is 29.9. The van der Waals surface area contributed by atoms with Crippen LogP contribution in [0.1, 0.15) is 18.3 Å². The summed E-state index contributed by atoms with van der Waals surface area (Å²) in [7, 11) is -25.4. The van der Waals surface area contributed by atoms with Gasteiger partial charge in [-0.3, -0.25) is 22.8 Å². The van der Waals surface area contributed by atoms with E-state index < -0.39 is 131 Å². The fourth-order valence-corrected chi connectivity index (χ4v) is 8.95.